The van der Waals surface area contributed by atoms with E-state index in [0.717, 1.165) is 0 Å². The minimum Gasteiger partial charge on any atom is -0.376 e. The maximum absolute atomic E-state index is 13.6. The fourth-order valence-electron chi connectivity index (χ4n) is 4.57. The molecule has 204 valence electrons. The molecular weight excluding hydrogens is 527 g/mol. The molecule has 2 N–H and O–H groups in total. The number of amides is 1. The summed E-state index contributed by atoms with van der Waals surface area (Å²) >= 11 is 5.30. The number of hydrogen-bond acceptors (Lipinski definition) is 6. The highest BCUT2D eigenvalue weighted by molar-refractivity contribution is 7.96. The van der Waals surface area contributed by atoms with Gasteiger partial charge >= 0.3 is 6.18 Å². The van der Waals surface area contributed by atoms with Crippen LogP contribution in [0.3, 0.4) is 0 Å². The number of nitrogens with zero attached hydrogens (tertiary/aromatic N) is 2. The third kappa shape index (κ3) is 5.83. The van der Waals surface area contributed by atoms with Gasteiger partial charge in [0.2, 0.25) is 15.9 Å². The summed E-state index contributed by atoms with van der Waals surface area (Å²) in [6.07, 6.45) is 0.330. The number of piperazine rings is 1. The average Bonchev–Trinajstić information content (AvgIpc) is 2.82. The van der Waals surface area contributed by atoms with Crippen LogP contribution in [0.25, 0.3) is 0 Å². The highest BCUT2D eigenvalue weighted by atomic mass is 32.2. The van der Waals surface area contributed by atoms with E-state index in [-0.39, 0.29) is 48.6 Å². The number of carbonyl (C=O) groups excluding carboxylic acids is 1. The van der Waals surface area contributed by atoms with Gasteiger partial charge in [0, 0.05) is 50.4 Å². The van der Waals surface area contributed by atoms with Crippen LogP contribution in [0.2, 0.25) is 0 Å². The summed E-state index contributed by atoms with van der Waals surface area (Å²) in [6.45, 7) is 6.12. The van der Waals surface area contributed by atoms with Crippen molar-refractivity contribution in [3.05, 3.63) is 58.5 Å². The van der Waals surface area contributed by atoms with E-state index in [1.165, 1.54) is 41.6 Å². The Morgan fingerprint density at radius 1 is 1.27 bits per heavy atom. The zero-order chi connectivity index (χ0) is 27.8. The van der Waals surface area contributed by atoms with Crippen LogP contribution in [0.15, 0.2) is 47.4 Å². The van der Waals surface area contributed by atoms with Crippen molar-refractivity contribution in [1.29, 1.82) is 0 Å². The number of aliphatic hydroxyl groups is 1. The molecule has 1 fully saturated rings. The Balaban J connectivity index is 2.08. The Hall–Kier alpha value is -2.12. The predicted molar refractivity (Wildman–Crippen MR) is 139 cm³/mol. The first-order valence-electron chi connectivity index (χ1n) is 11.9. The third-order valence-electron chi connectivity index (χ3n) is 6.87. The first kappa shape index (κ1) is 29.4. The Morgan fingerprint density at radius 2 is 1.89 bits per heavy atom. The number of allylic oxidation sites excluding steroid dienone is 4. The molecule has 1 saturated heterocycles. The van der Waals surface area contributed by atoms with E-state index in [0.29, 0.717) is 23.8 Å². The summed E-state index contributed by atoms with van der Waals surface area (Å²) in [7, 11) is -3.97. The molecule has 37 heavy (non-hydrogen) atoms. The molecule has 0 aromatic heterocycles. The van der Waals surface area contributed by atoms with Gasteiger partial charge in [-0.25, -0.2) is 8.42 Å². The molecule has 2 aliphatic rings. The summed E-state index contributed by atoms with van der Waals surface area (Å²) in [6, 6.07) is 5.01. The summed E-state index contributed by atoms with van der Waals surface area (Å²) in [5, 5.41) is 13.4. The zero-order valence-electron chi connectivity index (χ0n) is 21.2. The van der Waals surface area contributed by atoms with E-state index in [1.54, 1.807) is 17.1 Å². The van der Waals surface area contributed by atoms with Crippen LogP contribution in [0.4, 0.5) is 13.2 Å². The smallest absolute Gasteiger partial charge is 0.376 e. The van der Waals surface area contributed by atoms with Crippen LogP contribution in [-0.2, 0) is 26.0 Å². The fraction of sp³-hybridized carbons (Fsp3) is 0.520. The molecule has 1 aliphatic heterocycles. The van der Waals surface area contributed by atoms with Crippen LogP contribution in [0.1, 0.15) is 45.2 Å². The molecule has 1 aromatic rings. The van der Waals surface area contributed by atoms with E-state index in [1.807, 2.05) is 13.8 Å². The second kappa shape index (κ2) is 10.6. The normalized spacial score (nSPS) is 23.1. The monoisotopic (exact) mass is 559 g/mol. The number of hydrogen-bond donors (Lipinski definition) is 2. The third-order valence-corrected chi connectivity index (χ3v) is 9.32. The van der Waals surface area contributed by atoms with Crippen molar-refractivity contribution in [2.24, 2.45) is 0 Å². The lowest BCUT2D eigenvalue weighted by molar-refractivity contribution is -0.258. The van der Waals surface area contributed by atoms with Gasteiger partial charge in [-0.1, -0.05) is 48.6 Å². The number of rotatable bonds is 7. The van der Waals surface area contributed by atoms with E-state index < -0.39 is 27.3 Å². The van der Waals surface area contributed by atoms with Crippen LogP contribution in [0, 0.1) is 0 Å². The van der Waals surface area contributed by atoms with Crippen molar-refractivity contribution in [2.45, 2.75) is 57.5 Å². The maximum Gasteiger partial charge on any atom is 0.421 e. The molecule has 1 heterocycles. The SMILES string of the molecule is CC(=O)N(C[C@@]1(c2ccc(C(C)(O)C(F)(F)F)cc2)CN(S(=O)(=O)C2=CC=CCC2=S)CCN1)C(C)C. The molecule has 0 bridgehead atoms. The first-order valence-corrected chi connectivity index (χ1v) is 13.7. The number of nitrogens with one attached hydrogen (secondary N) is 1. The van der Waals surface area contributed by atoms with Crippen LogP contribution < -0.4 is 5.32 Å². The van der Waals surface area contributed by atoms with Gasteiger partial charge in [0.05, 0.1) is 10.4 Å². The lowest BCUT2D eigenvalue weighted by Gasteiger charge is -2.47. The molecule has 1 aromatic carbocycles. The molecule has 1 amide bonds. The summed E-state index contributed by atoms with van der Waals surface area (Å²) in [5.74, 6) is -0.228. The molecule has 1 unspecified atom stereocenters. The first-order chi connectivity index (χ1) is 17.0. The number of alkyl halides is 3. The zero-order valence-corrected chi connectivity index (χ0v) is 22.8. The number of halogens is 3. The quantitative estimate of drug-likeness (QED) is 0.498. The van der Waals surface area contributed by atoms with Crippen molar-refractivity contribution in [2.75, 3.05) is 26.2 Å². The molecule has 0 radical (unpaired) electrons. The Kier molecular flexibility index (Phi) is 8.41. The average molecular weight is 560 g/mol. The second-order valence-electron chi connectivity index (χ2n) is 9.82. The summed E-state index contributed by atoms with van der Waals surface area (Å²) in [4.78, 5) is 14.4. The number of thiocarbonyl (C=S) groups is 1. The molecular formula is C25H32F3N3O4S2. The van der Waals surface area contributed by atoms with Crippen LogP contribution >= 0.6 is 12.2 Å². The topological polar surface area (TPSA) is 90.0 Å². The molecule has 2 atom stereocenters. The maximum atomic E-state index is 13.6. The molecule has 0 saturated carbocycles. The Labute approximate surface area is 221 Å². The van der Waals surface area contributed by atoms with Gasteiger partial charge in [-0.05, 0) is 38.0 Å². The molecule has 0 spiro atoms. The highest BCUT2D eigenvalue weighted by Gasteiger charge is 2.51. The Morgan fingerprint density at radius 3 is 2.41 bits per heavy atom. The van der Waals surface area contributed by atoms with Gasteiger partial charge in [-0.2, -0.15) is 17.5 Å². The minimum atomic E-state index is -4.89. The van der Waals surface area contributed by atoms with Gasteiger partial charge in [0.25, 0.3) is 0 Å². The van der Waals surface area contributed by atoms with Crippen LogP contribution in [0.5, 0.6) is 0 Å². The van der Waals surface area contributed by atoms with E-state index in [4.69, 9.17) is 12.2 Å². The number of benzene rings is 1. The van der Waals surface area contributed by atoms with E-state index >= 15 is 0 Å². The lowest BCUT2D eigenvalue weighted by Crippen LogP contribution is -2.64. The Bertz CT molecular complexity index is 1210. The predicted octanol–water partition coefficient (Wildman–Crippen LogP) is 3.36. The van der Waals surface area contributed by atoms with Crippen molar-refractivity contribution < 1.29 is 31.5 Å². The largest absolute Gasteiger partial charge is 0.421 e. The van der Waals surface area contributed by atoms with Crippen molar-refractivity contribution in [1.82, 2.24) is 14.5 Å². The lowest BCUT2D eigenvalue weighted by atomic mass is 9.85. The van der Waals surface area contributed by atoms with Gasteiger partial charge in [0.1, 0.15) is 0 Å². The van der Waals surface area contributed by atoms with Gasteiger partial charge in [-0.3, -0.25) is 4.79 Å². The van der Waals surface area contributed by atoms with E-state index in [2.05, 4.69) is 5.32 Å². The van der Waals surface area contributed by atoms with Crippen molar-refractivity contribution in [3.63, 3.8) is 0 Å². The number of carbonyl (C=O) groups is 1. The number of sulfonamides is 1. The molecule has 3 rings (SSSR count). The fourth-order valence-corrected chi connectivity index (χ4v) is 6.67. The molecule has 7 nitrogen and oxygen atoms in total. The van der Waals surface area contributed by atoms with E-state index in [9.17, 15) is 31.5 Å². The molecule has 12 heteroatoms. The summed E-state index contributed by atoms with van der Waals surface area (Å²) < 4.78 is 68.7. The minimum absolute atomic E-state index is 0.0460. The standard InChI is InChI=1S/C25H32F3N3O4S2/c1-17(2)31(18(3)32)16-24(20-11-9-19(10-12-20)23(4,33)25(26,27)28)15-30(14-13-29-24)37(34,35)22-8-6-5-7-21(22)36/h5-6,8-12,17,29,33H,7,13-16H2,1-4H3/t23?,24-/m1/s1. The highest BCUT2D eigenvalue weighted by Crippen LogP contribution is 2.39. The van der Waals surface area contributed by atoms with Gasteiger partial charge in [-0.15, -0.1) is 0 Å². The molecule has 1 aliphatic carbocycles. The summed E-state index contributed by atoms with van der Waals surface area (Å²) in [5.41, 5.74) is -4.05. The van der Waals surface area contributed by atoms with Crippen molar-refractivity contribution >= 4 is 33.0 Å². The van der Waals surface area contributed by atoms with Gasteiger partial charge < -0.3 is 15.3 Å². The second-order valence-corrected chi connectivity index (χ2v) is 12.2. The van der Waals surface area contributed by atoms with Gasteiger partial charge in [0.15, 0.2) is 5.60 Å². The van der Waals surface area contributed by atoms with Crippen molar-refractivity contribution in [3.8, 4) is 0 Å². The van der Waals surface area contributed by atoms with Crippen LogP contribution in [-0.4, -0.2) is 71.9 Å².